The van der Waals surface area contributed by atoms with Crippen LogP contribution in [-0.4, -0.2) is 16.0 Å². The predicted octanol–water partition coefficient (Wildman–Crippen LogP) is 5.69. The van der Waals surface area contributed by atoms with Gasteiger partial charge in [0.1, 0.15) is 17.0 Å². The number of nitrogens with zero attached hydrogens (tertiary/aromatic N) is 1. The third kappa shape index (κ3) is 3.99. The number of halogens is 1. The fourth-order valence-corrected chi connectivity index (χ4v) is 3.85. The van der Waals surface area contributed by atoms with Gasteiger partial charge in [0, 0.05) is 22.7 Å². The van der Waals surface area contributed by atoms with E-state index in [1.54, 1.807) is 37.3 Å². The normalized spacial score (nSPS) is 11.6. The highest BCUT2D eigenvalue weighted by Crippen LogP contribution is 2.32. The highest BCUT2D eigenvalue weighted by atomic mass is 35.5. The molecular weight excluding hydrogens is 414 g/mol. The number of hydrogen-bond donors (Lipinski definition) is 2. The van der Waals surface area contributed by atoms with Gasteiger partial charge in [0.25, 0.3) is 5.91 Å². The Labute approximate surface area is 184 Å². The topological polar surface area (TPSA) is 88.0 Å². The van der Waals surface area contributed by atoms with Crippen LogP contribution >= 0.6 is 11.6 Å². The van der Waals surface area contributed by atoms with Crippen molar-refractivity contribution < 1.29 is 9.32 Å². The maximum atomic E-state index is 13.1. The van der Waals surface area contributed by atoms with Crippen molar-refractivity contribution in [3.63, 3.8) is 0 Å². The molecule has 2 aromatic carbocycles. The molecule has 1 amide bonds. The zero-order valence-electron chi connectivity index (χ0n) is 17.7. The first kappa shape index (κ1) is 20.9. The third-order valence-corrected chi connectivity index (χ3v) is 5.46. The molecule has 0 aliphatic carbocycles. The Balaban J connectivity index is 1.73. The van der Waals surface area contributed by atoms with Gasteiger partial charge in [0.2, 0.25) is 5.56 Å². The first-order valence-corrected chi connectivity index (χ1v) is 10.2. The summed E-state index contributed by atoms with van der Waals surface area (Å²) >= 11 is 6.29. The van der Waals surface area contributed by atoms with Crippen molar-refractivity contribution in [2.24, 2.45) is 0 Å². The minimum absolute atomic E-state index is 0.184. The Kier molecular flexibility index (Phi) is 5.19. The number of H-pyrrole nitrogens is 1. The molecule has 0 radical (unpaired) electrons. The van der Waals surface area contributed by atoms with Gasteiger partial charge in [0.15, 0.2) is 0 Å². The van der Waals surface area contributed by atoms with Gasteiger partial charge in [-0.1, -0.05) is 61.8 Å². The number of aryl methyl sites for hydroxylation is 1. The molecule has 0 saturated carbocycles. The molecule has 31 heavy (non-hydrogen) atoms. The van der Waals surface area contributed by atoms with Gasteiger partial charge in [-0.25, -0.2) is 0 Å². The van der Waals surface area contributed by atoms with E-state index in [0.717, 1.165) is 10.9 Å². The number of amides is 1. The lowest BCUT2D eigenvalue weighted by atomic mass is 9.85. The van der Waals surface area contributed by atoms with Crippen LogP contribution in [0.5, 0.6) is 0 Å². The zero-order valence-corrected chi connectivity index (χ0v) is 18.4. The van der Waals surface area contributed by atoms with Crippen LogP contribution in [0.15, 0.2) is 57.8 Å². The third-order valence-electron chi connectivity index (χ3n) is 5.13. The molecule has 6 nitrogen and oxygen atoms in total. The Morgan fingerprint density at radius 3 is 2.58 bits per heavy atom. The molecule has 0 aliphatic heterocycles. The number of pyridine rings is 1. The fourth-order valence-electron chi connectivity index (χ4n) is 3.63. The maximum absolute atomic E-state index is 13.1. The molecule has 2 aromatic heterocycles. The molecular formula is C24H22ClN3O3. The predicted molar refractivity (Wildman–Crippen MR) is 123 cm³/mol. The van der Waals surface area contributed by atoms with Crippen molar-refractivity contribution in [1.82, 2.24) is 10.1 Å². The minimum atomic E-state index is -0.373. The molecule has 0 fully saturated rings. The quantitative estimate of drug-likeness (QED) is 0.432. The summed E-state index contributed by atoms with van der Waals surface area (Å²) in [6.45, 7) is 7.85. The van der Waals surface area contributed by atoms with E-state index in [1.165, 1.54) is 0 Å². The summed E-state index contributed by atoms with van der Waals surface area (Å²) in [5, 5.41) is 8.33. The lowest BCUT2D eigenvalue weighted by molar-refractivity contribution is 0.102. The number of hydrogen-bond acceptors (Lipinski definition) is 4. The Bertz CT molecular complexity index is 1360. The van der Waals surface area contributed by atoms with Crippen molar-refractivity contribution >= 4 is 34.1 Å². The molecule has 0 saturated heterocycles. The number of fused-ring (bicyclic) bond motifs is 1. The van der Waals surface area contributed by atoms with E-state index < -0.39 is 0 Å². The standard InChI is InChI=1S/C24H22ClN3O3/c1-13-21(22(28-31-13)16-7-5-6-8-18(16)25)23(30)26-14-9-10-15-17(24(2,3)4)12-20(29)27-19(15)11-14/h5-12H,1-4H3,(H,26,30)(H,27,29). The van der Waals surface area contributed by atoms with E-state index in [1.807, 2.05) is 18.2 Å². The van der Waals surface area contributed by atoms with Gasteiger partial charge >= 0.3 is 0 Å². The molecule has 2 N–H and O–H groups in total. The van der Waals surface area contributed by atoms with Crippen molar-refractivity contribution in [2.75, 3.05) is 5.32 Å². The fraction of sp³-hybridized carbons (Fsp3) is 0.208. The smallest absolute Gasteiger partial charge is 0.261 e. The molecule has 7 heteroatoms. The van der Waals surface area contributed by atoms with Gasteiger partial charge in [0.05, 0.1) is 10.5 Å². The molecule has 0 atom stereocenters. The second-order valence-corrected chi connectivity index (χ2v) is 8.86. The molecule has 2 heterocycles. The summed E-state index contributed by atoms with van der Waals surface area (Å²) < 4.78 is 5.29. The van der Waals surface area contributed by atoms with Gasteiger partial charge in [-0.3, -0.25) is 9.59 Å². The van der Waals surface area contributed by atoms with Crippen LogP contribution in [0.2, 0.25) is 5.02 Å². The second kappa shape index (κ2) is 7.71. The highest BCUT2D eigenvalue weighted by Gasteiger charge is 2.23. The summed E-state index contributed by atoms with van der Waals surface area (Å²) in [4.78, 5) is 28.1. The summed E-state index contributed by atoms with van der Waals surface area (Å²) in [7, 11) is 0. The van der Waals surface area contributed by atoms with Crippen LogP contribution in [-0.2, 0) is 5.41 Å². The number of anilines is 1. The molecule has 0 bridgehead atoms. The van der Waals surface area contributed by atoms with Crippen LogP contribution in [0.25, 0.3) is 22.2 Å². The molecule has 0 aliphatic rings. The van der Waals surface area contributed by atoms with E-state index in [2.05, 4.69) is 36.2 Å². The average Bonchev–Trinajstić information content (AvgIpc) is 3.08. The summed E-state index contributed by atoms with van der Waals surface area (Å²) in [6.07, 6.45) is 0. The van der Waals surface area contributed by atoms with E-state index >= 15 is 0 Å². The van der Waals surface area contributed by atoms with E-state index in [9.17, 15) is 9.59 Å². The summed E-state index contributed by atoms with van der Waals surface area (Å²) in [6, 6.07) is 14.2. The average molecular weight is 436 g/mol. The van der Waals surface area contributed by atoms with E-state index in [4.69, 9.17) is 16.1 Å². The molecule has 4 rings (SSSR count). The number of rotatable bonds is 3. The second-order valence-electron chi connectivity index (χ2n) is 8.45. The first-order chi connectivity index (χ1) is 14.6. The van der Waals surface area contributed by atoms with Crippen molar-refractivity contribution in [1.29, 1.82) is 0 Å². The number of aromatic nitrogens is 2. The van der Waals surface area contributed by atoms with Crippen LogP contribution in [0.1, 0.15) is 42.5 Å². The van der Waals surface area contributed by atoms with Gasteiger partial charge in [-0.15, -0.1) is 0 Å². The SMILES string of the molecule is Cc1onc(-c2ccccc2Cl)c1C(=O)Nc1ccc2c(C(C)(C)C)cc(=O)[nH]c2c1. The van der Waals surface area contributed by atoms with Gasteiger partial charge in [-0.05, 0) is 36.1 Å². The number of nitrogens with one attached hydrogen (secondary N) is 2. The Morgan fingerprint density at radius 1 is 1.13 bits per heavy atom. The number of aromatic amines is 1. The first-order valence-electron chi connectivity index (χ1n) is 9.85. The number of carbonyl (C=O) groups excluding carboxylic acids is 1. The van der Waals surface area contributed by atoms with E-state index in [-0.39, 0.29) is 16.9 Å². The van der Waals surface area contributed by atoms with Gasteiger partial charge < -0.3 is 14.8 Å². The minimum Gasteiger partial charge on any atom is -0.360 e. The van der Waals surface area contributed by atoms with Crippen LogP contribution in [0.3, 0.4) is 0 Å². The van der Waals surface area contributed by atoms with Gasteiger partial charge in [-0.2, -0.15) is 0 Å². The highest BCUT2D eigenvalue weighted by molar-refractivity contribution is 6.33. The largest absolute Gasteiger partial charge is 0.360 e. The molecule has 0 unspecified atom stereocenters. The Hall–Kier alpha value is -3.38. The Morgan fingerprint density at radius 2 is 1.87 bits per heavy atom. The van der Waals surface area contributed by atoms with Crippen LogP contribution in [0, 0.1) is 6.92 Å². The van der Waals surface area contributed by atoms with Crippen LogP contribution in [0.4, 0.5) is 5.69 Å². The number of benzene rings is 2. The monoisotopic (exact) mass is 435 g/mol. The summed E-state index contributed by atoms with van der Waals surface area (Å²) in [5.41, 5.74) is 3.07. The molecule has 4 aromatic rings. The molecule has 0 spiro atoms. The van der Waals surface area contributed by atoms with Crippen molar-refractivity contribution in [3.8, 4) is 11.3 Å². The van der Waals surface area contributed by atoms with Crippen LogP contribution < -0.4 is 10.9 Å². The maximum Gasteiger partial charge on any atom is 0.261 e. The zero-order chi connectivity index (χ0) is 22.3. The summed E-state index contributed by atoms with van der Waals surface area (Å²) in [5.74, 6) is 0.0129. The van der Waals surface area contributed by atoms with Crippen molar-refractivity contribution in [3.05, 3.63) is 80.8 Å². The lowest BCUT2D eigenvalue weighted by Crippen LogP contribution is -2.18. The number of carbonyl (C=O) groups is 1. The van der Waals surface area contributed by atoms with Crippen molar-refractivity contribution in [2.45, 2.75) is 33.1 Å². The molecule has 158 valence electrons. The van der Waals surface area contributed by atoms with E-state index in [0.29, 0.717) is 38.8 Å². The lowest BCUT2D eigenvalue weighted by Gasteiger charge is -2.21.